The van der Waals surface area contributed by atoms with Crippen LogP contribution in [-0.4, -0.2) is 25.7 Å². The summed E-state index contributed by atoms with van der Waals surface area (Å²) in [6.07, 6.45) is 1.82. The Morgan fingerprint density at radius 3 is 2.95 bits per heavy atom. The molecule has 7 heteroatoms. The fourth-order valence-electron chi connectivity index (χ4n) is 1.95. The molecule has 3 rings (SSSR count). The molecule has 1 N–H and O–H groups in total. The molecule has 2 aromatic heterocycles. The van der Waals surface area contributed by atoms with Crippen molar-refractivity contribution in [1.29, 1.82) is 0 Å². The van der Waals surface area contributed by atoms with Crippen LogP contribution < -0.4 is 0 Å². The fraction of sp³-hybridized carbons (Fsp3) is 0.0714. The third kappa shape index (κ3) is 2.73. The SMILES string of the molecule is O=C(O)c1ccc(F)cc1CSc1nnc2ccccn12. The molecule has 0 fully saturated rings. The molecular weight excluding hydrogens is 293 g/mol. The molecule has 0 aliphatic carbocycles. The van der Waals surface area contributed by atoms with Crippen molar-refractivity contribution in [2.24, 2.45) is 0 Å². The number of halogens is 1. The van der Waals surface area contributed by atoms with Gasteiger partial charge in [-0.2, -0.15) is 0 Å². The molecule has 0 saturated carbocycles. The van der Waals surface area contributed by atoms with E-state index in [1.165, 1.54) is 23.9 Å². The third-order valence-electron chi connectivity index (χ3n) is 2.94. The third-order valence-corrected chi connectivity index (χ3v) is 3.93. The van der Waals surface area contributed by atoms with Crippen molar-refractivity contribution >= 4 is 23.4 Å². The largest absolute Gasteiger partial charge is 0.478 e. The Bertz CT molecular complexity index is 819. The summed E-state index contributed by atoms with van der Waals surface area (Å²) < 4.78 is 15.1. The molecule has 5 nitrogen and oxygen atoms in total. The highest BCUT2D eigenvalue weighted by molar-refractivity contribution is 7.98. The number of fused-ring (bicyclic) bond motifs is 1. The number of aromatic nitrogens is 3. The van der Waals surface area contributed by atoms with Crippen LogP contribution >= 0.6 is 11.8 Å². The van der Waals surface area contributed by atoms with E-state index in [1.54, 1.807) is 4.40 Å². The first-order chi connectivity index (χ1) is 10.1. The Balaban J connectivity index is 1.88. The van der Waals surface area contributed by atoms with E-state index in [9.17, 15) is 9.18 Å². The lowest BCUT2D eigenvalue weighted by molar-refractivity contribution is 0.0696. The number of carboxylic acid groups (broad SMARTS) is 1. The predicted molar refractivity (Wildman–Crippen MR) is 75.9 cm³/mol. The highest BCUT2D eigenvalue weighted by Gasteiger charge is 2.13. The van der Waals surface area contributed by atoms with Gasteiger partial charge in [0.05, 0.1) is 5.56 Å². The van der Waals surface area contributed by atoms with Crippen LogP contribution in [0.2, 0.25) is 0 Å². The Kier molecular flexibility index (Phi) is 3.57. The lowest BCUT2D eigenvalue weighted by atomic mass is 10.1. The number of nitrogens with zero attached hydrogens (tertiary/aromatic N) is 3. The minimum Gasteiger partial charge on any atom is -0.478 e. The standard InChI is InChI=1S/C14H10FN3O2S/c15-10-4-5-11(13(19)20)9(7-10)8-21-14-17-16-12-3-1-2-6-18(12)14/h1-7H,8H2,(H,19,20). The lowest BCUT2D eigenvalue weighted by Crippen LogP contribution is -2.02. The summed E-state index contributed by atoms with van der Waals surface area (Å²) in [6, 6.07) is 9.18. The molecular formula is C14H10FN3O2S. The van der Waals surface area contributed by atoms with Crippen molar-refractivity contribution in [2.45, 2.75) is 10.9 Å². The van der Waals surface area contributed by atoms with Gasteiger partial charge in [0.15, 0.2) is 10.8 Å². The molecule has 0 radical (unpaired) electrons. The van der Waals surface area contributed by atoms with Gasteiger partial charge in [-0.05, 0) is 35.9 Å². The Morgan fingerprint density at radius 1 is 1.29 bits per heavy atom. The van der Waals surface area contributed by atoms with Crippen molar-refractivity contribution in [2.75, 3.05) is 0 Å². The molecule has 0 bridgehead atoms. The Labute approximate surface area is 123 Å². The zero-order valence-electron chi connectivity index (χ0n) is 10.7. The minimum absolute atomic E-state index is 0.0951. The van der Waals surface area contributed by atoms with E-state index < -0.39 is 11.8 Å². The maximum atomic E-state index is 13.3. The predicted octanol–water partition coefficient (Wildman–Crippen LogP) is 2.86. The minimum atomic E-state index is -1.07. The van der Waals surface area contributed by atoms with Crippen molar-refractivity contribution in [3.05, 3.63) is 59.5 Å². The summed E-state index contributed by atoms with van der Waals surface area (Å²) in [5.41, 5.74) is 1.22. The van der Waals surface area contributed by atoms with Crippen LogP contribution in [0.25, 0.3) is 5.65 Å². The summed E-state index contributed by atoms with van der Waals surface area (Å²) in [6.45, 7) is 0. The first-order valence-electron chi connectivity index (χ1n) is 6.09. The van der Waals surface area contributed by atoms with Crippen LogP contribution in [0.15, 0.2) is 47.8 Å². The van der Waals surface area contributed by atoms with E-state index >= 15 is 0 Å². The van der Waals surface area contributed by atoms with Crippen LogP contribution in [0.5, 0.6) is 0 Å². The second kappa shape index (κ2) is 5.53. The summed E-state index contributed by atoms with van der Waals surface area (Å²) in [7, 11) is 0. The van der Waals surface area contributed by atoms with Gasteiger partial charge in [0.25, 0.3) is 0 Å². The van der Waals surface area contributed by atoms with E-state index in [0.29, 0.717) is 22.1 Å². The molecule has 0 amide bonds. The summed E-state index contributed by atoms with van der Waals surface area (Å²) in [5.74, 6) is -1.23. The summed E-state index contributed by atoms with van der Waals surface area (Å²) in [5, 5.41) is 17.8. The maximum Gasteiger partial charge on any atom is 0.335 e. The van der Waals surface area contributed by atoms with Gasteiger partial charge >= 0.3 is 5.97 Å². The number of rotatable bonds is 4. The van der Waals surface area contributed by atoms with E-state index in [1.807, 2.05) is 24.4 Å². The van der Waals surface area contributed by atoms with Crippen molar-refractivity contribution in [1.82, 2.24) is 14.6 Å². The highest BCUT2D eigenvalue weighted by atomic mass is 32.2. The van der Waals surface area contributed by atoms with Gasteiger partial charge in [-0.1, -0.05) is 17.8 Å². The van der Waals surface area contributed by atoms with Crippen LogP contribution in [-0.2, 0) is 5.75 Å². The van der Waals surface area contributed by atoms with Gasteiger partial charge < -0.3 is 5.11 Å². The van der Waals surface area contributed by atoms with Crippen molar-refractivity contribution in [3.8, 4) is 0 Å². The molecule has 0 aliphatic heterocycles. The fourth-order valence-corrected chi connectivity index (χ4v) is 2.87. The van der Waals surface area contributed by atoms with Gasteiger partial charge in [-0.15, -0.1) is 10.2 Å². The number of pyridine rings is 1. The van der Waals surface area contributed by atoms with Gasteiger partial charge in [-0.25, -0.2) is 9.18 Å². The topological polar surface area (TPSA) is 67.5 Å². The van der Waals surface area contributed by atoms with Crippen LogP contribution in [0.3, 0.4) is 0 Å². The van der Waals surface area contributed by atoms with Crippen molar-refractivity contribution in [3.63, 3.8) is 0 Å². The molecule has 0 atom stereocenters. The lowest BCUT2D eigenvalue weighted by Gasteiger charge is -2.05. The number of thioether (sulfide) groups is 1. The second-order valence-electron chi connectivity index (χ2n) is 4.31. The van der Waals surface area contributed by atoms with Gasteiger partial charge in [-0.3, -0.25) is 4.40 Å². The number of benzene rings is 1. The molecule has 0 spiro atoms. The normalized spacial score (nSPS) is 10.9. The molecule has 0 aliphatic rings. The average Bonchev–Trinajstić information content (AvgIpc) is 2.88. The molecule has 0 unspecified atom stereocenters. The molecule has 1 aromatic carbocycles. The smallest absolute Gasteiger partial charge is 0.335 e. The highest BCUT2D eigenvalue weighted by Crippen LogP contribution is 2.24. The number of aromatic carboxylic acids is 1. The zero-order chi connectivity index (χ0) is 14.8. The quantitative estimate of drug-likeness (QED) is 0.751. The van der Waals surface area contributed by atoms with Gasteiger partial charge in [0.1, 0.15) is 5.82 Å². The van der Waals surface area contributed by atoms with Crippen LogP contribution in [0, 0.1) is 5.82 Å². The second-order valence-corrected chi connectivity index (χ2v) is 5.25. The molecule has 106 valence electrons. The Morgan fingerprint density at radius 2 is 2.14 bits per heavy atom. The number of hydrogen-bond donors (Lipinski definition) is 1. The molecule has 21 heavy (non-hydrogen) atoms. The maximum absolute atomic E-state index is 13.3. The first kappa shape index (κ1) is 13.6. The Hall–Kier alpha value is -2.41. The van der Waals surface area contributed by atoms with E-state index in [0.717, 1.165) is 6.07 Å². The molecule has 0 saturated heterocycles. The van der Waals surface area contributed by atoms with Crippen LogP contribution in [0.1, 0.15) is 15.9 Å². The number of carbonyl (C=O) groups is 1. The number of carboxylic acids is 1. The van der Waals surface area contributed by atoms with Crippen molar-refractivity contribution < 1.29 is 14.3 Å². The van der Waals surface area contributed by atoms with E-state index in [-0.39, 0.29) is 5.56 Å². The first-order valence-corrected chi connectivity index (χ1v) is 7.08. The molecule has 2 heterocycles. The van der Waals surface area contributed by atoms with Crippen LogP contribution in [0.4, 0.5) is 4.39 Å². The van der Waals surface area contributed by atoms with Gasteiger partial charge in [0.2, 0.25) is 0 Å². The number of hydrogen-bond acceptors (Lipinski definition) is 4. The van der Waals surface area contributed by atoms with E-state index in [4.69, 9.17) is 5.11 Å². The molecule has 3 aromatic rings. The average molecular weight is 303 g/mol. The summed E-state index contributed by atoms with van der Waals surface area (Å²) in [4.78, 5) is 11.1. The monoisotopic (exact) mass is 303 g/mol. The zero-order valence-corrected chi connectivity index (χ0v) is 11.5. The summed E-state index contributed by atoms with van der Waals surface area (Å²) >= 11 is 1.31. The van der Waals surface area contributed by atoms with Gasteiger partial charge in [0, 0.05) is 11.9 Å². The van der Waals surface area contributed by atoms with E-state index in [2.05, 4.69) is 10.2 Å².